The van der Waals surface area contributed by atoms with E-state index in [0.717, 1.165) is 30.1 Å². The first kappa shape index (κ1) is 14.8. The van der Waals surface area contributed by atoms with Gasteiger partial charge in [-0.05, 0) is 44.0 Å². The van der Waals surface area contributed by atoms with Crippen molar-refractivity contribution in [3.63, 3.8) is 0 Å². The Morgan fingerprint density at radius 1 is 1.45 bits per heavy atom. The van der Waals surface area contributed by atoms with Gasteiger partial charge in [-0.1, -0.05) is 11.6 Å². The zero-order chi connectivity index (χ0) is 14.5. The molecule has 0 fully saturated rings. The average Bonchev–Trinajstić information content (AvgIpc) is 2.84. The van der Waals surface area contributed by atoms with Gasteiger partial charge >= 0.3 is 0 Å². The fraction of sp³-hybridized carbons (Fsp3) is 0.429. The van der Waals surface area contributed by atoms with Crippen molar-refractivity contribution in [2.24, 2.45) is 5.73 Å². The van der Waals surface area contributed by atoms with Crippen LogP contribution in [0, 0.1) is 0 Å². The molecule has 2 N–H and O–H groups in total. The van der Waals surface area contributed by atoms with Crippen molar-refractivity contribution in [1.82, 2.24) is 14.8 Å². The molecule has 2 rings (SSSR count). The van der Waals surface area contributed by atoms with Crippen LogP contribution in [0.5, 0.6) is 5.75 Å². The van der Waals surface area contributed by atoms with Gasteiger partial charge in [0, 0.05) is 17.6 Å². The molecule has 0 aliphatic rings. The first-order valence-corrected chi connectivity index (χ1v) is 7.01. The molecule has 0 saturated carbocycles. The smallest absolute Gasteiger partial charge is 0.164 e. The number of hydrogen-bond donors (Lipinski definition) is 1. The minimum Gasteiger partial charge on any atom is -0.485 e. The van der Waals surface area contributed by atoms with E-state index in [1.54, 1.807) is 4.68 Å². The molecule has 2 aromatic rings. The molecule has 0 radical (unpaired) electrons. The van der Waals surface area contributed by atoms with Gasteiger partial charge in [-0.25, -0.2) is 9.67 Å². The molecule has 0 spiro atoms. The second-order valence-electron chi connectivity index (χ2n) is 4.71. The maximum absolute atomic E-state index is 6.02. The van der Waals surface area contributed by atoms with Gasteiger partial charge in [0.25, 0.3) is 0 Å². The molecule has 5 nitrogen and oxygen atoms in total. The largest absolute Gasteiger partial charge is 0.485 e. The quantitative estimate of drug-likeness (QED) is 0.888. The average molecular weight is 295 g/mol. The SMILES string of the molecule is CCn1ncnc1COc1ccc(Cl)cc1CC(C)N. The van der Waals surface area contributed by atoms with Gasteiger partial charge < -0.3 is 10.5 Å². The van der Waals surface area contributed by atoms with Crippen LogP contribution in [0.3, 0.4) is 0 Å². The highest BCUT2D eigenvalue weighted by atomic mass is 35.5. The lowest BCUT2D eigenvalue weighted by Crippen LogP contribution is -2.18. The lowest BCUT2D eigenvalue weighted by Gasteiger charge is -2.13. The maximum atomic E-state index is 6.02. The maximum Gasteiger partial charge on any atom is 0.164 e. The number of halogens is 1. The first-order valence-electron chi connectivity index (χ1n) is 6.63. The van der Waals surface area contributed by atoms with Crippen LogP contribution in [0.2, 0.25) is 5.02 Å². The zero-order valence-corrected chi connectivity index (χ0v) is 12.5. The summed E-state index contributed by atoms with van der Waals surface area (Å²) in [5.41, 5.74) is 6.86. The summed E-state index contributed by atoms with van der Waals surface area (Å²) in [5, 5.41) is 4.80. The normalized spacial score (nSPS) is 12.4. The van der Waals surface area contributed by atoms with Crippen LogP contribution in [-0.4, -0.2) is 20.8 Å². The third-order valence-electron chi connectivity index (χ3n) is 2.92. The minimum absolute atomic E-state index is 0.0510. The number of rotatable bonds is 6. The molecule has 6 heteroatoms. The molecule has 108 valence electrons. The van der Waals surface area contributed by atoms with E-state index in [-0.39, 0.29) is 6.04 Å². The molecule has 0 saturated heterocycles. The van der Waals surface area contributed by atoms with E-state index in [0.29, 0.717) is 11.6 Å². The van der Waals surface area contributed by atoms with Crippen molar-refractivity contribution >= 4 is 11.6 Å². The number of aryl methyl sites for hydroxylation is 1. The molecular weight excluding hydrogens is 276 g/mol. The molecule has 1 heterocycles. The van der Waals surface area contributed by atoms with Crippen LogP contribution in [0.15, 0.2) is 24.5 Å². The molecule has 0 bridgehead atoms. The predicted molar refractivity (Wildman–Crippen MR) is 78.8 cm³/mol. The molecular formula is C14H19ClN4O. The Bertz CT molecular complexity index is 568. The summed E-state index contributed by atoms with van der Waals surface area (Å²) in [6.07, 6.45) is 2.25. The summed E-state index contributed by atoms with van der Waals surface area (Å²) >= 11 is 6.02. The summed E-state index contributed by atoms with van der Waals surface area (Å²) in [5.74, 6) is 1.59. The Morgan fingerprint density at radius 2 is 2.25 bits per heavy atom. The Hall–Kier alpha value is -1.59. The lowest BCUT2D eigenvalue weighted by molar-refractivity contribution is 0.284. The topological polar surface area (TPSA) is 66.0 Å². The van der Waals surface area contributed by atoms with Crippen LogP contribution in [0.25, 0.3) is 0 Å². The van der Waals surface area contributed by atoms with E-state index in [1.807, 2.05) is 32.0 Å². The molecule has 0 amide bonds. The molecule has 20 heavy (non-hydrogen) atoms. The van der Waals surface area contributed by atoms with Crippen molar-refractivity contribution in [2.75, 3.05) is 0 Å². The Labute approximate surface area is 123 Å². The van der Waals surface area contributed by atoms with Gasteiger partial charge in [-0.3, -0.25) is 0 Å². The fourth-order valence-corrected chi connectivity index (χ4v) is 2.20. The summed E-state index contributed by atoms with van der Waals surface area (Å²) in [6.45, 7) is 5.12. The van der Waals surface area contributed by atoms with Crippen LogP contribution < -0.4 is 10.5 Å². The van der Waals surface area contributed by atoms with Crippen LogP contribution in [0.1, 0.15) is 25.2 Å². The molecule has 1 atom stereocenters. The van der Waals surface area contributed by atoms with E-state index in [9.17, 15) is 0 Å². The summed E-state index contributed by atoms with van der Waals surface area (Å²) in [4.78, 5) is 4.19. The molecule has 0 aliphatic carbocycles. The van der Waals surface area contributed by atoms with E-state index in [1.165, 1.54) is 6.33 Å². The molecule has 1 aromatic heterocycles. The molecule has 1 aromatic carbocycles. The third kappa shape index (κ3) is 3.71. The summed E-state index contributed by atoms with van der Waals surface area (Å²) in [6, 6.07) is 5.62. The van der Waals surface area contributed by atoms with Crippen molar-refractivity contribution in [1.29, 1.82) is 0 Å². The molecule has 0 aliphatic heterocycles. The van der Waals surface area contributed by atoms with Crippen molar-refractivity contribution < 1.29 is 4.74 Å². The fourth-order valence-electron chi connectivity index (χ4n) is 2.00. The third-order valence-corrected chi connectivity index (χ3v) is 3.15. The first-order chi connectivity index (χ1) is 9.60. The van der Waals surface area contributed by atoms with Crippen LogP contribution in [-0.2, 0) is 19.6 Å². The number of ether oxygens (including phenoxy) is 1. The highest BCUT2D eigenvalue weighted by Gasteiger charge is 2.09. The van der Waals surface area contributed by atoms with Crippen LogP contribution in [0.4, 0.5) is 0 Å². The van der Waals surface area contributed by atoms with Crippen molar-refractivity contribution in [3.05, 3.63) is 40.9 Å². The second-order valence-corrected chi connectivity index (χ2v) is 5.15. The van der Waals surface area contributed by atoms with Gasteiger partial charge in [-0.2, -0.15) is 5.10 Å². The predicted octanol–water partition coefficient (Wildman–Crippen LogP) is 2.42. The van der Waals surface area contributed by atoms with Gasteiger partial charge in [0.15, 0.2) is 5.82 Å². The standard InChI is InChI=1S/C14H19ClN4O/c1-3-19-14(17-9-18-19)8-20-13-5-4-12(15)7-11(13)6-10(2)16/h4-5,7,9-10H,3,6,8,16H2,1-2H3. The lowest BCUT2D eigenvalue weighted by atomic mass is 10.1. The van der Waals surface area contributed by atoms with E-state index in [2.05, 4.69) is 10.1 Å². The Kier molecular flexibility index (Phi) is 4.98. The molecule has 1 unspecified atom stereocenters. The van der Waals surface area contributed by atoms with E-state index in [4.69, 9.17) is 22.1 Å². The van der Waals surface area contributed by atoms with Crippen molar-refractivity contribution in [3.8, 4) is 5.75 Å². The number of aromatic nitrogens is 3. The zero-order valence-electron chi connectivity index (χ0n) is 11.7. The number of nitrogens with two attached hydrogens (primary N) is 1. The highest BCUT2D eigenvalue weighted by molar-refractivity contribution is 6.30. The number of hydrogen-bond acceptors (Lipinski definition) is 4. The van der Waals surface area contributed by atoms with Gasteiger partial charge in [0.1, 0.15) is 18.7 Å². The van der Waals surface area contributed by atoms with E-state index >= 15 is 0 Å². The number of nitrogens with zero attached hydrogens (tertiary/aromatic N) is 3. The second kappa shape index (κ2) is 6.72. The highest BCUT2D eigenvalue weighted by Crippen LogP contribution is 2.24. The van der Waals surface area contributed by atoms with Crippen molar-refractivity contribution in [2.45, 2.75) is 39.5 Å². The minimum atomic E-state index is 0.0510. The van der Waals surface area contributed by atoms with Gasteiger partial charge in [0.05, 0.1) is 0 Å². The Morgan fingerprint density at radius 3 is 2.95 bits per heavy atom. The van der Waals surface area contributed by atoms with Crippen LogP contribution >= 0.6 is 11.6 Å². The summed E-state index contributed by atoms with van der Waals surface area (Å²) in [7, 11) is 0. The van der Waals surface area contributed by atoms with Gasteiger partial charge in [-0.15, -0.1) is 0 Å². The summed E-state index contributed by atoms with van der Waals surface area (Å²) < 4.78 is 7.65. The Balaban J connectivity index is 2.12. The van der Waals surface area contributed by atoms with Gasteiger partial charge in [0.2, 0.25) is 0 Å². The monoisotopic (exact) mass is 294 g/mol. The number of benzene rings is 1. The van der Waals surface area contributed by atoms with E-state index < -0.39 is 0 Å².